The molecule has 0 radical (unpaired) electrons. The summed E-state index contributed by atoms with van der Waals surface area (Å²) in [4.78, 5) is 25.4. The lowest BCUT2D eigenvalue weighted by molar-refractivity contribution is -0.305. The molecule has 0 aromatic heterocycles. The first kappa shape index (κ1) is 58.2. The topological polar surface area (TPSA) is 152 Å². The van der Waals surface area contributed by atoms with E-state index in [0.717, 1.165) is 64.2 Å². The second kappa shape index (κ2) is 43.1. The Kier molecular flexibility index (Phi) is 39.7. The minimum absolute atomic E-state index is 0.174. The van der Waals surface area contributed by atoms with Crippen LogP contribution in [0.2, 0.25) is 0 Å². The first-order valence-corrected chi connectivity index (χ1v) is 25.0. The quantitative estimate of drug-likeness (QED) is 0.0265. The fraction of sp³-hybridized carbons (Fsp3) is 0.736. The first-order chi connectivity index (χ1) is 30.8. The molecule has 0 spiro atoms. The Morgan fingerprint density at radius 2 is 0.937 bits per heavy atom. The largest absolute Gasteiger partial charge is 0.462 e. The Bertz CT molecular complexity index is 1250. The zero-order valence-electron chi connectivity index (χ0n) is 39.6. The monoisotopic (exact) mass is 887 g/mol. The highest BCUT2D eigenvalue weighted by molar-refractivity contribution is 5.70. The third kappa shape index (κ3) is 34.2. The van der Waals surface area contributed by atoms with Crippen molar-refractivity contribution in [3.63, 3.8) is 0 Å². The van der Waals surface area contributed by atoms with Crippen molar-refractivity contribution in [3.8, 4) is 0 Å². The van der Waals surface area contributed by atoms with Gasteiger partial charge < -0.3 is 39.4 Å². The number of rotatable bonds is 41. The summed E-state index contributed by atoms with van der Waals surface area (Å²) in [5, 5.41) is 40.1. The van der Waals surface area contributed by atoms with Crippen LogP contribution < -0.4 is 0 Å². The fourth-order valence-electron chi connectivity index (χ4n) is 7.15. The number of hydrogen-bond acceptors (Lipinski definition) is 10. The van der Waals surface area contributed by atoms with Gasteiger partial charge in [-0.3, -0.25) is 9.59 Å². The molecule has 0 saturated carbocycles. The van der Waals surface area contributed by atoms with Crippen LogP contribution in [0.5, 0.6) is 0 Å². The van der Waals surface area contributed by atoms with Crippen LogP contribution in [0.3, 0.4) is 0 Å². The lowest BCUT2D eigenvalue weighted by Gasteiger charge is -2.39. The van der Waals surface area contributed by atoms with Gasteiger partial charge in [-0.1, -0.05) is 170 Å². The van der Waals surface area contributed by atoms with Gasteiger partial charge in [0.2, 0.25) is 0 Å². The summed E-state index contributed by atoms with van der Waals surface area (Å²) in [6, 6.07) is 0. The summed E-state index contributed by atoms with van der Waals surface area (Å²) in [5.41, 5.74) is 0. The fourth-order valence-corrected chi connectivity index (χ4v) is 7.15. The van der Waals surface area contributed by atoms with Crippen molar-refractivity contribution in [2.24, 2.45) is 0 Å². The Balaban J connectivity index is 2.27. The molecule has 6 unspecified atom stereocenters. The molecule has 0 aromatic rings. The molecule has 63 heavy (non-hydrogen) atoms. The molecule has 0 aromatic carbocycles. The van der Waals surface area contributed by atoms with Crippen molar-refractivity contribution in [2.45, 2.75) is 230 Å². The second-order valence-electron chi connectivity index (χ2n) is 16.9. The average Bonchev–Trinajstić information content (AvgIpc) is 3.28. The second-order valence-corrected chi connectivity index (χ2v) is 16.9. The number of unbranched alkanes of at least 4 members (excludes halogenated alkanes) is 18. The molecular weight excluding hydrogens is 797 g/mol. The number of aliphatic hydroxyl groups excluding tert-OH is 4. The molecule has 1 saturated heterocycles. The van der Waals surface area contributed by atoms with E-state index in [0.29, 0.717) is 12.8 Å². The molecule has 0 aliphatic carbocycles. The minimum Gasteiger partial charge on any atom is -0.462 e. The molecule has 1 rings (SSSR count). The first-order valence-electron chi connectivity index (χ1n) is 25.0. The highest BCUT2D eigenvalue weighted by atomic mass is 16.7. The highest BCUT2D eigenvalue weighted by Gasteiger charge is 2.44. The zero-order chi connectivity index (χ0) is 45.9. The maximum Gasteiger partial charge on any atom is 0.306 e. The highest BCUT2D eigenvalue weighted by Crippen LogP contribution is 2.23. The molecule has 1 heterocycles. The number of ether oxygens (including phenoxy) is 4. The van der Waals surface area contributed by atoms with E-state index in [4.69, 9.17) is 18.9 Å². The molecule has 6 atom stereocenters. The lowest BCUT2D eigenvalue weighted by atomic mass is 9.99. The molecular formula is C53H90O10. The minimum atomic E-state index is -1.61. The third-order valence-electron chi connectivity index (χ3n) is 11.1. The van der Waals surface area contributed by atoms with E-state index < -0.39 is 55.4 Å². The summed E-state index contributed by atoms with van der Waals surface area (Å²) in [6.07, 6.45) is 47.7. The maximum atomic E-state index is 12.8. The van der Waals surface area contributed by atoms with E-state index in [1.165, 1.54) is 89.9 Å². The number of hydrogen-bond donors (Lipinski definition) is 4. The normalized spacial score (nSPS) is 20.1. The zero-order valence-corrected chi connectivity index (χ0v) is 39.6. The Hall–Kier alpha value is -2.86. The molecule has 1 aliphatic rings. The number of carbonyl (C=O) groups excluding carboxylic acids is 2. The van der Waals surface area contributed by atoms with Gasteiger partial charge in [-0.2, -0.15) is 0 Å². The van der Waals surface area contributed by atoms with Crippen molar-refractivity contribution >= 4 is 11.9 Å². The van der Waals surface area contributed by atoms with Crippen LogP contribution in [0.15, 0.2) is 72.9 Å². The van der Waals surface area contributed by atoms with Gasteiger partial charge in [0.15, 0.2) is 12.4 Å². The Morgan fingerprint density at radius 3 is 1.44 bits per heavy atom. The summed E-state index contributed by atoms with van der Waals surface area (Å²) in [7, 11) is 0. The SMILES string of the molecule is CC/C=C\C/C=C\C/C=C\C/C=C\CCCCC(=O)OC(COC(=O)CCCCCCCCCCCCC/C=C\C/C=C\CCCCCCC)COC1OC(CO)C(O)C(O)C1O. The van der Waals surface area contributed by atoms with Crippen molar-refractivity contribution in [3.05, 3.63) is 72.9 Å². The van der Waals surface area contributed by atoms with Crippen molar-refractivity contribution in [2.75, 3.05) is 19.8 Å². The summed E-state index contributed by atoms with van der Waals surface area (Å²) >= 11 is 0. The molecule has 1 aliphatic heterocycles. The molecule has 362 valence electrons. The van der Waals surface area contributed by atoms with Crippen LogP contribution in [0.25, 0.3) is 0 Å². The van der Waals surface area contributed by atoms with Gasteiger partial charge in [0.1, 0.15) is 31.0 Å². The lowest BCUT2D eigenvalue weighted by Crippen LogP contribution is -2.59. The number of aliphatic hydroxyl groups is 4. The van der Waals surface area contributed by atoms with Crippen LogP contribution in [0, 0.1) is 0 Å². The van der Waals surface area contributed by atoms with Gasteiger partial charge in [-0.15, -0.1) is 0 Å². The van der Waals surface area contributed by atoms with Gasteiger partial charge in [-0.05, 0) is 83.5 Å². The van der Waals surface area contributed by atoms with E-state index in [9.17, 15) is 30.0 Å². The van der Waals surface area contributed by atoms with E-state index in [1.807, 2.05) is 0 Å². The molecule has 4 N–H and O–H groups in total. The van der Waals surface area contributed by atoms with Gasteiger partial charge in [0.05, 0.1) is 13.2 Å². The Morgan fingerprint density at radius 1 is 0.508 bits per heavy atom. The van der Waals surface area contributed by atoms with Gasteiger partial charge >= 0.3 is 11.9 Å². The van der Waals surface area contributed by atoms with Crippen molar-refractivity contribution in [1.82, 2.24) is 0 Å². The van der Waals surface area contributed by atoms with Crippen LogP contribution >= 0.6 is 0 Å². The van der Waals surface area contributed by atoms with Crippen LogP contribution in [-0.2, 0) is 28.5 Å². The molecule has 0 amide bonds. The average molecular weight is 887 g/mol. The molecule has 0 bridgehead atoms. The smallest absolute Gasteiger partial charge is 0.306 e. The van der Waals surface area contributed by atoms with Crippen molar-refractivity contribution in [1.29, 1.82) is 0 Å². The van der Waals surface area contributed by atoms with Crippen LogP contribution in [0.4, 0.5) is 0 Å². The van der Waals surface area contributed by atoms with Gasteiger partial charge in [-0.25, -0.2) is 0 Å². The summed E-state index contributed by atoms with van der Waals surface area (Å²) < 4.78 is 22.2. The van der Waals surface area contributed by atoms with Crippen molar-refractivity contribution < 1.29 is 49.0 Å². The number of esters is 2. The van der Waals surface area contributed by atoms with Crippen LogP contribution in [0.1, 0.15) is 194 Å². The predicted octanol–water partition coefficient (Wildman–Crippen LogP) is 11.6. The van der Waals surface area contributed by atoms with E-state index in [1.54, 1.807) is 0 Å². The summed E-state index contributed by atoms with van der Waals surface area (Å²) in [5.74, 6) is -0.860. The maximum absolute atomic E-state index is 12.8. The third-order valence-corrected chi connectivity index (χ3v) is 11.1. The van der Waals surface area contributed by atoms with E-state index in [2.05, 4.69) is 86.8 Å². The van der Waals surface area contributed by atoms with E-state index >= 15 is 0 Å². The predicted molar refractivity (Wildman–Crippen MR) is 256 cm³/mol. The Labute approximate surface area is 383 Å². The van der Waals surface area contributed by atoms with E-state index in [-0.39, 0.29) is 26.1 Å². The molecule has 10 heteroatoms. The number of allylic oxidation sites excluding steroid dienone is 12. The molecule has 1 fully saturated rings. The number of carbonyl (C=O) groups is 2. The van der Waals surface area contributed by atoms with Gasteiger partial charge in [0.25, 0.3) is 0 Å². The molecule has 10 nitrogen and oxygen atoms in total. The standard InChI is InChI=1S/C53H90O10/c1-3-5-7-9-11-13-15-17-19-20-21-22-23-24-25-26-28-29-31-33-35-37-39-41-48(55)60-44-46(45-61-53-52(59)51(58)50(57)47(43-54)63-53)62-49(56)42-40-38-36-34-32-30-27-18-16-14-12-10-8-6-4-2/h6,8,12,14-15,17-18,20-21,27,32,34,46-47,50-54,57-59H,3-5,7,9-11,13,16,19,22-26,28-31,33,35-45H2,1-2H3/b8-6-,14-12-,17-15-,21-20-,27-18-,34-32-. The van der Waals surface area contributed by atoms with Gasteiger partial charge in [0, 0.05) is 12.8 Å². The van der Waals surface area contributed by atoms with Crippen LogP contribution in [-0.4, -0.2) is 89.0 Å². The summed E-state index contributed by atoms with van der Waals surface area (Å²) in [6.45, 7) is 3.26.